The minimum atomic E-state index is -1.21. The summed E-state index contributed by atoms with van der Waals surface area (Å²) in [6.45, 7) is 5.31. The van der Waals surface area contributed by atoms with Crippen LogP contribution in [-0.4, -0.2) is 115 Å². The van der Waals surface area contributed by atoms with Crippen molar-refractivity contribution < 1.29 is 39.1 Å². The smallest absolute Gasteiger partial charge is 0.220 e. The van der Waals surface area contributed by atoms with Gasteiger partial charge in [0.2, 0.25) is 5.91 Å². The highest BCUT2D eigenvalue weighted by Gasteiger charge is 2.48. The molecule has 0 aromatic heterocycles. The van der Waals surface area contributed by atoms with Crippen molar-refractivity contribution in [1.29, 1.82) is 0 Å². The number of hydrogen-bond acceptors (Lipinski definition) is 12. The summed E-state index contributed by atoms with van der Waals surface area (Å²) >= 11 is 0. The molecule has 0 bridgehead atoms. The molecular formula is C28H51N5O8. The van der Waals surface area contributed by atoms with Gasteiger partial charge < -0.3 is 61.7 Å². The number of nitrogens with two attached hydrogens (primary N) is 2. The quantitative estimate of drug-likeness (QED) is 0.132. The van der Waals surface area contributed by atoms with E-state index in [1.54, 1.807) is 0 Å². The van der Waals surface area contributed by atoms with Crippen molar-refractivity contribution in [2.45, 2.75) is 113 Å². The zero-order valence-corrected chi connectivity index (χ0v) is 24.2. The highest BCUT2D eigenvalue weighted by atomic mass is 16.7. The van der Waals surface area contributed by atoms with Crippen LogP contribution in [0.1, 0.15) is 58.3 Å². The van der Waals surface area contributed by atoms with Crippen LogP contribution < -0.4 is 27.4 Å². The van der Waals surface area contributed by atoms with Gasteiger partial charge in [0.05, 0.1) is 24.8 Å². The first-order valence-corrected chi connectivity index (χ1v) is 15.2. The summed E-state index contributed by atoms with van der Waals surface area (Å²) < 4.78 is 24.2. The Morgan fingerprint density at radius 3 is 2.73 bits per heavy atom. The molecule has 1 aliphatic carbocycles. The number of ether oxygens (including phenoxy) is 4. The molecule has 3 aliphatic heterocycles. The molecule has 1 saturated carbocycles. The van der Waals surface area contributed by atoms with E-state index in [2.05, 4.69) is 16.0 Å². The maximum absolute atomic E-state index is 12.6. The van der Waals surface area contributed by atoms with Crippen molar-refractivity contribution in [3.8, 4) is 0 Å². The molecule has 9 atom stereocenters. The van der Waals surface area contributed by atoms with Gasteiger partial charge in [-0.3, -0.25) is 4.79 Å². The average Bonchev–Trinajstić information content (AvgIpc) is 2.93. The molecule has 13 heteroatoms. The van der Waals surface area contributed by atoms with Crippen molar-refractivity contribution >= 4 is 5.91 Å². The van der Waals surface area contributed by atoms with E-state index in [1.807, 2.05) is 13.0 Å². The number of piperidine rings is 1. The fourth-order valence-electron chi connectivity index (χ4n) is 6.05. The molecule has 10 N–H and O–H groups in total. The Hall–Kier alpha value is -1.39. The zero-order valence-electron chi connectivity index (χ0n) is 24.2. The summed E-state index contributed by atoms with van der Waals surface area (Å²) in [5.74, 6) is 0.683. The van der Waals surface area contributed by atoms with Crippen LogP contribution in [0.2, 0.25) is 0 Å². The Bertz CT molecular complexity index is 859. The van der Waals surface area contributed by atoms with Crippen LogP contribution in [0.25, 0.3) is 0 Å². The molecule has 0 aromatic carbocycles. The van der Waals surface area contributed by atoms with E-state index in [4.69, 9.17) is 30.4 Å². The van der Waals surface area contributed by atoms with Crippen LogP contribution in [0.15, 0.2) is 11.8 Å². The molecular weight excluding hydrogens is 534 g/mol. The maximum atomic E-state index is 12.6. The van der Waals surface area contributed by atoms with Gasteiger partial charge in [-0.05, 0) is 70.2 Å². The van der Waals surface area contributed by atoms with E-state index in [9.17, 15) is 20.1 Å². The van der Waals surface area contributed by atoms with Gasteiger partial charge in [-0.15, -0.1) is 0 Å². The minimum absolute atomic E-state index is 0.181. The predicted molar refractivity (Wildman–Crippen MR) is 150 cm³/mol. The number of carbonyl (C=O) groups excluding carboxylic acids is 1. The van der Waals surface area contributed by atoms with Gasteiger partial charge >= 0.3 is 0 Å². The number of rotatable bonds is 12. The number of nitrogens with one attached hydrogen (secondary N) is 3. The van der Waals surface area contributed by atoms with Crippen LogP contribution in [0.3, 0.4) is 0 Å². The Morgan fingerprint density at radius 1 is 1.22 bits per heavy atom. The van der Waals surface area contributed by atoms with Crippen molar-refractivity contribution in [2.24, 2.45) is 17.4 Å². The van der Waals surface area contributed by atoms with E-state index in [0.29, 0.717) is 70.5 Å². The lowest BCUT2D eigenvalue weighted by atomic mass is 9.83. The van der Waals surface area contributed by atoms with Crippen molar-refractivity contribution in [3.63, 3.8) is 0 Å². The monoisotopic (exact) mass is 585 g/mol. The second kappa shape index (κ2) is 15.4. The van der Waals surface area contributed by atoms with Crippen LogP contribution in [0.5, 0.6) is 0 Å². The van der Waals surface area contributed by atoms with Crippen LogP contribution in [0.4, 0.5) is 0 Å². The number of allylic oxidation sites excluding steroid dienone is 1. The van der Waals surface area contributed by atoms with E-state index >= 15 is 0 Å². The van der Waals surface area contributed by atoms with Crippen LogP contribution >= 0.6 is 0 Å². The molecule has 0 spiro atoms. The fourth-order valence-corrected chi connectivity index (χ4v) is 6.05. The average molecular weight is 586 g/mol. The van der Waals surface area contributed by atoms with Crippen molar-refractivity contribution in [3.05, 3.63) is 11.8 Å². The lowest BCUT2D eigenvalue weighted by Gasteiger charge is -2.46. The second-order valence-corrected chi connectivity index (χ2v) is 12.1. The molecule has 236 valence electrons. The third-order valence-electron chi connectivity index (χ3n) is 8.42. The first-order chi connectivity index (χ1) is 19.7. The molecule has 2 saturated heterocycles. The van der Waals surface area contributed by atoms with Gasteiger partial charge in [0, 0.05) is 25.4 Å². The maximum Gasteiger partial charge on any atom is 0.220 e. The molecule has 4 aliphatic rings. The van der Waals surface area contributed by atoms with E-state index in [-0.39, 0.29) is 18.2 Å². The number of amides is 1. The number of aliphatic hydroxyl groups is 3. The standard InChI is InChI=1S/C28H51N5O8/c1-17-12-21(34)27(38-15-17)41-26-20(33-22(35)5-3-9-29)13-19(30)25(24(26)36)40-23-6-2-4-18(39-23)14-32-16-28(37)7-10-31-11-8-28/h4,17,19-21,23-27,31-32,34,36-37H,2-3,5-16,29-30H2,1H3,(H,33,35)/t17-,19-,20+,21+,23+,24-,25+,26-,27+/m0/s1. The zero-order chi connectivity index (χ0) is 29.4. The fraction of sp³-hybridized carbons (Fsp3) is 0.893. The molecule has 1 amide bonds. The predicted octanol–water partition coefficient (Wildman–Crippen LogP) is -1.46. The van der Waals surface area contributed by atoms with Gasteiger partial charge in [-0.2, -0.15) is 0 Å². The molecule has 41 heavy (non-hydrogen) atoms. The lowest BCUT2D eigenvalue weighted by Crippen LogP contribution is -2.66. The molecule has 3 fully saturated rings. The van der Waals surface area contributed by atoms with Gasteiger partial charge in [0.15, 0.2) is 12.6 Å². The Kier molecular flexibility index (Phi) is 12.2. The summed E-state index contributed by atoms with van der Waals surface area (Å²) in [6.07, 6.45) is 0.913. The normalized spacial score (nSPS) is 37.6. The molecule has 13 nitrogen and oxygen atoms in total. The lowest BCUT2D eigenvalue weighted by molar-refractivity contribution is -0.282. The molecule has 0 radical (unpaired) electrons. The molecule has 0 unspecified atom stereocenters. The van der Waals surface area contributed by atoms with Crippen molar-refractivity contribution in [1.82, 2.24) is 16.0 Å². The third-order valence-corrected chi connectivity index (χ3v) is 8.42. The largest absolute Gasteiger partial charge is 0.468 e. The van der Waals surface area contributed by atoms with Crippen molar-refractivity contribution in [2.75, 3.05) is 39.3 Å². The van der Waals surface area contributed by atoms with E-state index in [0.717, 1.165) is 19.5 Å². The summed E-state index contributed by atoms with van der Waals surface area (Å²) in [5, 5.41) is 42.3. The van der Waals surface area contributed by atoms with E-state index in [1.165, 1.54) is 0 Å². The topological polar surface area (TPSA) is 203 Å². The Balaban J connectivity index is 1.36. The SMILES string of the molecule is C[C@@H]1CO[C@H](O[C@@H]2[C@@H](O)[C@H](O[C@@H]3CCC=C(CNCC4(O)CCNCC4)O3)[C@@H](N)C[C@H]2NC(=O)CCCN)[C@H](O)C1. The number of hydrogen-bond donors (Lipinski definition) is 8. The van der Waals surface area contributed by atoms with Crippen LogP contribution in [0, 0.1) is 5.92 Å². The Labute approximate surface area is 242 Å². The molecule has 3 heterocycles. The van der Waals surface area contributed by atoms with Crippen LogP contribution in [-0.2, 0) is 23.7 Å². The summed E-state index contributed by atoms with van der Waals surface area (Å²) in [4.78, 5) is 12.6. The van der Waals surface area contributed by atoms with Gasteiger partial charge in [0.1, 0.15) is 30.2 Å². The molecule has 4 rings (SSSR count). The summed E-state index contributed by atoms with van der Waals surface area (Å²) in [7, 11) is 0. The first kappa shape index (κ1) is 32.5. The first-order valence-electron chi connectivity index (χ1n) is 15.2. The summed E-state index contributed by atoms with van der Waals surface area (Å²) in [6, 6.07) is -1.21. The van der Waals surface area contributed by atoms with Gasteiger partial charge in [-0.1, -0.05) is 6.92 Å². The number of aliphatic hydroxyl groups excluding tert-OH is 2. The van der Waals surface area contributed by atoms with Gasteiger partial charge in [-0.25, -0.2) is 0 Å². The highest BCUT2D eigenvalue weighted by molar-refractivity contribution is 5.76. The third kappa shape index (κ3) is 9.30. The minimum Gasteiger partial charge on any atom is -0.468 e. The summed E-state index contributed by atoms with van der Waals surface area (Å²) in [5.41, 5.74) is 11.3. The molecule has 0 aromatic rings. The number of carbonyl (C=O) groups is 1. The van der Waals surface area contributed by atoms with E-state index < -0.39 is 54.7 Å². The highest BCUT2D eigenvalue weighted by Crippen LogP contribution is 2.31. The Morgan fingerprint density at radius 2 is 2.00 bits per heavy atom. The van der Waals surface area contributed by atoms with Gasteiger partial charge in [0.25, 0.3) is 0 Å². The second-order valence-electron chi connectivity index (χ2n) is 12.1.